The minimum Gasteiger partial charge on any atom is -0.394 e. The normalized spacial score (nSPS) is 65.6. The summed E-state index contributed by atoms with van der Waals surface area (Å²) in [7, 11) is 0. The van der Waals surface area contributed by atoms with Gasteiger partial charge in [-0.05, 0) is 0 Å². The summed E-state index contributed by atoms with van der Waals surface area (Å²) in [5.41, 5.74) is 0. The Bertz CT molecular complexity index is 187. The van der Waals surface area contributed by atoms with Gasteiger partial charge in [0.2, 0.25) is 0 Å². The van der Waals surface area contributed by atoms with Crippen molar-refractivity contribution in [3.63, 3.8) is 0 Å². The molecule has 0 aromatic heterocycles. The molecule has 1 fully saturated rings. The summed E-state index contributed by atoms with van der Waals surface area (Å²) in [6, 6.07) is 0. The highest BCUT2D eigenvalue weighted by atomic mass is 16.6. The molecule has 1 aliphatic rings. The Labute approximate surface area is 60.3 Å². The molecule has 0 amide bonds. The van der Waals surface area contributed by atoms with E-state index in [9.17, 15) is 0 Å². The van der Waals surface area contributed by atoms with Crippen molar-refractivity contribution in [2.45, 2.75) is 24.6 Å². The lowest BCUT2D eigenvalue weighted by molar-refractivity contribution is -0.132. The fourth-order valence-corrected chi connectivity index (χ4v) is 0.692. The summed E-state index contributed by atoms with van der Waals surface area (Å²) in [6.45, 7) is -0.910. The molecule has 0 aliphatic carbocycles. The summed E-state index contributed by atoms with van der Waals surface area (Å²) in [5.74, 6) is 0. The van der Waals surface area contributed by atoms with Crippen molar-refractivity contribution in [1.82, 2.24) is 0 Å². The fourth-order valence-electron chi connectivity index (χ4n) is 0.692. The van der Waals surface area contributed by atoms with Gasteiger partial charge in [-0.15, -0.1) is 0 Å². The zero-order valence-electron chi connectivity index (χ0n) is 7.06. The van der Waals surface area contributed by atoms with E-state index >= 15 is 0 Å². The number of aliphatic hydroxyl groups excluding tert-OH is 3. The van der Waals surface area contributed by atoms with Gasteiger partial charge in [0.15, 0.2) is 6.29 Å². The van der Waals surface area contributed by atoms with Gasteiger partial charge in [-0.3, -0.25) is 0 Å². The molecule has 0 spiro atoms. The largest absolute Gasteiger partial charge is 0.394 e. The first-order valence-electron chi connectivity index (χ1n) is 3.72. The van der Waals surface area contributed by atoms with Gasteiger partial charge in [-0.25, -0.2) is 0 Å². The third-order valence-corrected chi connectivity index (χ3v) is 1.26. The van der Waals surface area contributed by atoms with Crippen LogP contribution in [0.4, 0.5) is 0 Å². The smallest absolute Gasteiger partial charge is 0.184 e. The molecule has 5 heteroatoms. The molecule has 10 heavy (non-hydrogen) atoms. The maximum Gasteiger partial charge on any atom is 0.184 e. The van der Waals surface area contributed by atoms with Crippen LogP contribution in [0.5, 0.6) is 0 Å². The predicted octanol–water partition coefficient (Wildman–Crippen LogP) is -2.58. The van der Waals surface area contributed by atoms with Crippen molar-refractivity contribution in [2.75, 3.05) is 6.61 Å². The maximum absolute atomic E-state index is 9.08. The molecular weight excluding hydrogens is 140 g/mol. The van der Waals surface area contributed by atoms with E-state index in [4.69, 9.17) is 23.2 Å². The summed E-state index contributed by atoms with van der Waals surface area (Å²) in [5, 5.41) is 35.5. The van der Waals surface area contributed by atoms with Gasteiger partial charge in [-0.2, -0.15) is 0 Å². The molecule has 60 valence electrons. The van der Waals surface area contributed by atoms with E-state index in [2.05, 4.69) is 4.74 Å². The highest BCUT2D eigenvalue weighted by molar-refractivity contribution is 4.84. The van der Waals surface area contributed by atoms with Crippen molar-refractivity contribution in [1.29, 1.82) is 0 Å². The zero-order valence-corrected chi connectivity index (χ0v) is 5.06. The van der Waals surface area contributed by atoms with E-state index in [0.29, 0.717) is 0 Å². The van der Waals surface area contributed by atoms with E-state index in [-0.39, 0.29) is 0 Å². The quantitative estimate of drug-likeness (QED) is 0.331. The molecule has 1 rings (SSSR count). The van der Waals surface area contributed by atoms with Gasteiger partial charge in [0.25, 0.3) is 0 Å². The maximum atomic E-state index is 9.08. The second-order valence-electron chi connectivity index (χ2n) is 1.92. The molecule has 0 saturated carbocycles. The van der Waals surface area contributed by atoms with Gasteiger partial charge in [0, 0.05) is 0 Å². The molecule has 4 atom stereocenters. The first-order valence-corrected chi connectivity index (χ1v) is 2.72. The third kappa shape index (κ3) is 1.14. The highest BCUT2D eigenvalue weighted by Crippen LogP contribution is 2.18. The van der Waals surface area contributed by atoms with Crippen molar-refractivity contribution in [3.05, 3.63) is 0 Å². The number of ether oxygens (including phenoxy) is 1. The summed E-state index contributed by atoms with van der Waals surface area (Å²) >= 11 is 0. The van der Waals surface area contributed by atoms with Crippen LogP contribution >= 0.6 is 0 Å². The van der Waals surface area contributed by atoms with Crippen LogP contribution in [0, 0.1) is 0 Å². The lowest BCUT2D eigenvalue weighted by Crippen LogP contribution is -2.33. The average molecular weight is 152 g/mol. The number of hydrogen-bond donors (Lipinski definition) is 4. The van der Waals surface area contributed by atoms with Crippen molar-refractivity contribution < 1.29 is 27.9 Å². The Balaban J connectivity index is 2.90. The average Bonchev–Trinajstić information content (AvgIpc) is 2.14. The summed E-state index contributed by atoms with van der Waals surface area (Å²) in [6.07, 6.45) is -8.84. The van der Waals surface area contributed by atoms with Crippen molar-refractivity contribution in [3.8, 4) is 0 Å². The Morgan fingerprint density at radius 3 is 2.20 bits per heavy atom. The molecule has 0 radical (unpaired) electrons. The molecule has 4 N–H and O–H groups in total. The zero-order chi connectivity index (χ0) is 9.57. The molecule has 0 aromatic carbocycles. The number of aliphatic hydroxyl groups is 4. The predicted molar refractivity (Wildman–Crippen MR) is 30.0 cm³/mol. The molecule has 0 aromatic rings. The summed E-state index contributed by atoms with van der Waals surface area (Å²) in [4.78, 5) is 0. The third-order valence-electron chi connectivity index (χ3n) is 1.26. The standard InChI is InChI=1S/C5H10O5/c6-1-2-3(7)4(8)5(9)10-2/h2-9H,1H2/t2-,3?,4+,5?/m1/s1/i2D,4D. The molecule has 2 unspecified atom stereocenters. The van der Waals surface area contributed by atoms with Gasteiger partial charge in [0.05, 0.1) is 9.35 Å². The van der Waals surface area contributed by atoms with Gasteiger partial charge < -0.3 is 25.2 Å². The van der Waals surface area contributed by atoms with Crippen LogP contribution in [0.25, 0.3) is 0 Å². The van der Waals surface area contributed by atoms with E-state index < -0.39 is 31.2 Å². The lowest BCUT2D eigenvalue weighted by Gasteiger charge is -2.09. The van der Waals surface area contributed by atoms with Gasteiger partial charge in [-0.1, -0.05) is 0 Å². The van der Waals surface area contributed by atoms with Crippen LogP contribution in [-0.2, 0) is 4.74 Å². The number of rotatable bonds is 1. The SMILES string of the molecule is [2H][C@@]1(O)C(O)O[C@]([2H])(CO)C1O. The van der Waals surface area contributed by atoms with Crippen LogP contribution in [0.3, 0.4) is 0 Å². The Hall–Kier alpha value is -0.200. The van der Waals surface area contributed by atoms with Crippen LogP contribution in [-0.4, -0.2) is 51.6 Å². The fraction of sp³-hybridized carbons (Fsp3) is 1.00. The second kappa shape index (κ2) is 2.81. The Kier molecular flexibility index (Phi) is 1.53. The van der Waals surface area contributed by atoms with Crippen LogP contribution in [0.15, 0.2) is 0 Å². The lowest BCUT2D eigenvalue weighted by atomic mass is 10.1. The first-order chi connectivity index (χ1) is 5.34. The highest BCUT2D eigenvalue weighted by Gasteiger charge is 2.41. The Morgan fingerprint density at radius 1 is 1.40 bits per heavy atom. The molecule has 1 heterocycles. The first kappa shape index (κ1) is 5.45. The topological polar surface area (TPSA) is 90.2 Å². The summed E-state index contributed by atoms with van der Waals surface area (Å²) < 4.78 is 18.4. The van der Waals surface area contributed by atoms with Crippen molar-refractivity contribution in [2.24, 2.45) is 0 Å². The molecular formula is C5H10O5. The van der Waals surface area contributed by atoms with E-state index in [0.717, 1.165) is 0 Å². The molecule has 1 aliphatic heterocycles. The van der Waals surface area contributed by atoms with E-state index in [1.165, 1.54) is 0 Å². The van der Waals surface area contributed by atoms with Crippen molar-refractivity contribution >= 4 is 0 Å². The Morgan fingerprint density at radius 2 is 2.00 bits per heavy atom. The molecule has 0 bridgehead atoms. The van der Waals surface area contributed by atoms with Gasteiger partial charge >= 0.3 is 0 Å². The molecule has 1 saturated heterocycles. The molecule has 5 nitrogen and oxygen atoms in total. The van der Waals surface area contributed by atoms with Crippen LogP contribution in [0.1, 0.15) is 2.74 Å². The minimum absolute atomic E-state index is 0.910. The monoisotopic (exact) mass is 152 g/mol. The minimum atomic E-state index is -2.66. The van der Waals surface area contributed by atoms with Crippen LogP contribution < -0.4 is 0 Å². The second-order valence-corrected chi connectivity index (χ2v) is 1.92. The van der Waals surface area contributed by atoms with E-state index in [1.807, 2.05) is 0 Å². The van der Waals surface area contributed by atoms with Crippen LogP contribution in [0.2, 0.25) is 0 Å². The van der Waals surface area contributed by atoms with E-state index in [1.54, 1.807) is 0 Å². The number of hydrogen-bond acceptors (Lipinski definition) is 5. The van der Waals surface area contributed by atoms with Gasteiger partial charge in [0.1, 0.15) is 18.3 Å².